The van der Waals surface area contributed by atoms with Crippen LogP contribution in [0.25, 0.3) is 0 Å². The van der Waals surface area contributed by atoms with Crippen molar-refractivity contribution in [1.29, 1.82) is 0 Å². The molecular weight excluding hydrogens is 498 g/mol. The van der Waals surface area contributed by atoms with Gasteiger partial charge in [-0.2, -0.15) is 0 Å². The van der Waals surface area contributed by atoms with Crippen molar-refractivity contribution >= 4 is 0 Å². The maximum absolute atomic E-state index is 2.53. The first-order valence-electron chi connectivity index (χ1n) is 9.17. The van der Waals surface area contributed by atoms with Crippen LogP contribution in [0, 0.1) is 11.8 Å². The highest BCUT2D eigenvalue weighted by Crippen LogP contribution is 2.39. The van der Waals surface area contributed by atoms with Gasteiger partial charge in [-0.3, -0.25) is 0 Å². The quantitative estimate of drug-likeness (QED) is 0.192. The summed E-state index contributed by atoms with van der Waals surface area (Å²) in [5.74, 6) is 2.14. The summed E-state index contributed by atoms with van der Waals surface area (Å²) in [4.78, 5) is 0. The molecule has 134 valence electrons. The Labute approximate surface area is 173 Å². The van der Waals surface area contributed by atoms with Crippen molar-refractivity contribution in [1.82, 2.24) is 0 Å². The molecule has 2 nitrogen and oxygen atoms in total. The van der Waals surface area contributed by atoms with Crippen LogP contribution in [0.15, 0.2) is 0 Å². The molecular formula is C18H38I2N2. The fraction of sp³-hybridized carbons (Fsp3) is 1.00. The zero-order valence-corrected chi connectivity index (χ0v) is 19.6. The first kappa shape index (κ1) is 23.4. The van der Waals surface area contributed by atoms with Gasteiger partial charge in [-0.25, -0.2) is 0 Å². The van der Waals surface area contributed by atoms with Crippen molar-refractivity contribution in [2.75, 3.05) is 53.4 Å². The number of quaternary nitrogens is 2. The molecule has 1 heterocycles. The Morgan fingerprint density at radius 3 is 1.86 bits per heavy atom. The predicted octanol–water partition coefficient (Wildman–Crippen LogP) is -2.47. The molecule has 0 aromatic rings. The van der Waals surface area contributed by atoms with Gasteiger partial charge >= 0.3 is 0 Å². The van der Waals surface area contributed by atoms with E-state index in [9.17, 15) is 0 Å². The lowest BCUT2D eigenvalue weighted by molar-refractivity contribution is -0.910. The third-order valence-electron chi connectivity index (χ3n) is 6.59. The van der Waals surface area contributed by atoms with E-state index in [1.165, 1.54) is 86.8 Å². The second kappa shape index (κ2) is 10.4. The summed E-state index contributed by atoms with van der Waals surface area (Å²) in [6.45, 7) is 13.0. The van der Waals surface area contributed by atoms with Crippen molar-refractivity contribution in [2.45, 2.75) is 52.4 Å². The third-order valence-corrected chi connectivity index (χ3v) is 6.59. The first-order valence-corrected chi connectivity index (χ1v) is 9.17. The van der Waals surface area contributed by atoms with Crippen molar-refractivity contribution in [3.05, 3.63) is 0 Å². The minimum absolute atomic E-state index is 0. The van der Waals surface area contributed by atoms with Gasteiger partial charge in [0.2, 0.25) is 0 Å². The molecule has 2 rings (SSSR count). The Morgan fingerprint density at radius 2 is 1.41 bits per heavy atom. The van der Waals surface area contributed by atoms with Crippen molar-refractivity contribution in [3.8, 4) is 0 Å². The van der Waals surface area contributed by atoms with Gasteiger partial charge in [0.05, 0.1) is 53.4 Å². The van der Waals surface area contributed by atoms with E-state index in [4.69, 9.17) is 0 Å². The minimum atomic E-state index is 0. The molecule has 2 aliphatic rings. The monoisotopic (exact) mass is 536 g/mol. The summed E-state index contributed by atoms with van der Waals surface area (Å²) in [5, 5.41) is 0. The van der Waals surface area contributed by atoms with Crippen molar-refractivity contribution < 1.29 is 56.9 Å². The van der Waals surface area contributed by atoms with Gasteiger partial charge in [-0.05, 0) is 26.7 Å². The van der Waals surface area contributed by atoms with Crippen LogP contribution < -0.4 is 48.0 Å². The van der Waals surface area contributed by atoms with E-state index >= 15 is 0 Å². The molecule has 0 aromatic heterocycles. The normalized spacial score (nSPS) is 31.1. The smallest absolute Gasteiger partial charge is 0.0818 e. The molecule has 1 aliphatic heterocycles. The molecule has 1 aliphatic carbocycles. The van der Waals surface area contributed by atoms with Crippen LogP contribution in [-0.4, -0.2) is 62.3 Å². The molecule has 0 aromatic carbocycles. The molecule has 0 radical (unpaired) electrons. The first-order chi connectivity index (χ1) is 9.50. The molecule has 0 spiro atoms. The Morgan fingerprint density at radius 1 is 0.909 bits per heavy atom. The predicted molar refractivity (Wildman–Crippen MR) is 87.6 cm³/mol. The van der Waals surface area contributed by atoms with Crippen molar-refractivity contribution in [2.24, 2.45) is 11.8 Å². The van der Waals surface area contributed by atoms with E-state index in [1.54, 1.807) is 0 Å². The maximum atomic E-state index is 2.53. The molecule has 0 amide bonds. The van der Waals surface area contributed by atoms with Crippen molar-refractivity contribution in [3.63, 3.8) is 0 Å². The van der Waals surface area contributed by atoms with Gasteiger partial charge in [-0.1, -0.05) is 12.8 Å². The second-order valence-electron chi connectivity index (χ2n) is 8.20. The Balaban J connectivity index is 0.00000220. The standard InChI is InChI=1S/C18H38N2.2HI/c1-5-19(3,6-2)13-9-10-14-20(4)15-17-11-7-8-12-18(17)16-20;;/h17-18H,5-16H2,1-4H3;2*1H/q+2;;/p-2. The van der Waals surface area contributed by atoms with E-state index in [-0.39, 0.29) is 48.0 Å². The number of hydrogen-bond acceptors (Lipinski definition) is 0. The highest BCUT2D eigenvalue weighted by molar-refractivity contribution is 4.80. The summed E-state index contributed by atoms with van der Waals surface area (Å²) in [5.41, 5.74) is 0. The number of rotatable bonds is 7. The van der Waals surface area contributed by atoms with Crippen LogP contribution in [0.5, 0.6) is 0 Å². The fourth-order valence-electron chi connectivity index (χ4n) is 4.68. The zero-order chi connectivity index (χ0) is 14.6. The zero-order valence-electron chi connectivity index (χ0n) is 15.3. The van der Waals surface area contributed by atoms with Gasteiger partial charge in [0.15, 0.2) is 0 Å². The van der Waals surface area contributed by atoms with Gasteiger partial charge in [0, 0.05) is 24.7 Å². The molecule has 2 atom stereocenters. The molecule has 4 heteroatoms. The molecule has 1 saturated heterocycles. The van der Waals surface area contributed by atoms with Gasteiger partial charge in [0.25, 0.3) is 0 Å². The van der Waals surface area contributed by atoms with Crippen LogP contribution in [0.1, 0.15) is 52.4 Å². The molecule has 2 fully saturated rings. The van der Waals surface area contributed by atoms with E-state index in [2.05, 4.69) is 27.9 Å². The average molecular weight is 536 g/mol. The summed E-state index contributed by atoms with van der Waals surface area (Å²) in [6.07, 6.45) is 8.91. The second-order valence-corrected chi connectivity index (χ2v) is 8.20. The van der Waals surface area contributed by atoms with E-state index in [0.29, 0.717) is 0 Å². The minimum Gasteiger partial charge on any atom is -1.00 e. The lowest BCUT2D eigenvalue weighted by atomic mass is 9.82. The highest BCUT2D eigenvalue weighted by Gasteiger charge is 2.42. The van der Waals surface area contributed by atoms with Gasteiger partial charge in [0.1, 0.15) is 0 Å². The summed E-state index contributed by atoms with van der Waals surface area (Å²) < 4.78 is 2.65. The Hall–Kier alpha value is 1.38. The number of likely N-dealkylation sites (tertiary alicyclic amines) is 1. The third kappa shape index (κ3) is 6.36. The maximum Gasteiger partial charge on any atom is 0.0818 e. The van der Waals surface area contributed by atoms with Crippen LogP contribution >= 0.6 is 0 Å². The van der Waals surface area contributed by atoms with Gasteiger partial charge < -0.3 is 56.9 Å². The number of hydrogen-bond donors (Lipinski definition) is 0. The van der Waals surface area contributed by atoms with Crippen LogP contribution in [0.3, 0.4) is 0 Å². The number of nitrogens with zero attached hydrogens (tertiary/aromatic N) is 2. The van der Waals surface area contributed by atoms with Crippen LogP contribution in [0.2, 0.25) is 0 Å². The SMILES string of the molecule is CC[N+](C)(CC)CCCC[N+]1(C)CC2CCCCC2C1.[I-].[I-]. The summed E-state index contributed by atoms with van der Waals surface area (Å²) >= 11 is 0. The average Bonchev–Trinajstić information content (AvgIpc) is 2.80. The Kier molecular flexibility index (Phi) is 11.0. The number of fused-ring (bicyclic) bond motifs is 1. The number of halogens is 2. The Bertz CT molecular complexity index is 291. The van der Waals surface area contributed by atoms with E-state index < -0.39 is 0 Å². The van der Waals surface area contributed by atoms with Gasteiger partial charge in [-0.15, -0.1) is 0 Å². The molecule has 0 bridgehead atoms. The lowest BCUT2D eigenvalue weighted by Crippen LogP contribution is -3.00. The van der Waals surface area contributed by atoms with E-state index in [1.807, 2.05) is 0 Å². The molecule has 22 heavy (non-hydrogen) atoms. The highest BCUT2D eigenvalue weighted by atomic mass is 127. The van der Waals surface area contributed by atoms with Crippen LogP contribution in [0.4, 0.5) is 0 Å². The van der Waals surface area contributed by atoms with E-state index in [0.717, 1.165) is 11.8 Å². The lowest BCUT2D eigenvalue weighted by Gasteiger charge is -2.33. The largest absolute Gasteiger partial charge is 1.00 e. The molecule has 2 unspecified atom stereocenters. The fourth-order valence-corrected chi connectivity index (χ4v) is 4.68. The molecule has 0 N–H and O–H groups in total. The van der Waals surface area contributed by atoms with Crippen LogP contribution in [-0.2, 0) is 0 Å². The summed E-state index contributed by atoms with van der Waals surface area (Å²) in [6, 6.07) is 0. The molecule has 1 saturated carbocycles. The topological polar surface area (TPSA) is 0 Å². The number of unbranched alkanes of at least 4 members (excludes halogenated alkanes) is 1. The summed E-state index contributed by atoms with van der Waals surface area (Å²) in [7, 11) is 4.95.